The zero-order valence-electron chi connectivity index (χ0n) is 19.3. The predicted octanol–water partition coefficient (Wildman–Crippen LogP) is 2.76. The summed E-state index contributed by atoms with van der Waals surface area (Å²) in [4.78, 5) is 10.7. The fourth-order valence-electron chi connectivity index (χ4n) is 4.01. The van der Waals surface area contributed by atoms with Crippen LogP contribution in [0.3, 0.4) is 0 Å². The first-order valence-electron chi connectivity index (χ1n) is 10.6. The lowest BCUT2D eigenvalue weighted by Crippen LogP contribution is -2.44. The number of hydrogen-bond donors (Lipinski definition) is 4. The van der Waals surface area contributed by atoms with E-state index < -0.39 is 0 Å². The molecule has 170 valence electrons. The van der Waals surface area contributed by atoms with Crippen molar-refractivity contribution in [3.8, 4) is 5.75 Å². The Morgan fingerprint density at radius 3 is 2.47 bits per heavy atom. The highest BCUT2D eigenvalue weighted by molar-refractivity contribution is 6.00. The zero-order chi connectivity index (χ0) is 23.3. The van der Waals surface area contributed by atoms with Crippen LogP contribution >= 0.6 is 0 Å². The van der Waals surface area contributed by atoms with Gasteiger partial charge in [-0.15, -0.1) is 0 Å². The Bertz CT molecular complexity index is 1050. The molecule has 0 atom stereocenters. The molecule has 0 spiro atoms. The number of rotatable bonds is 7. The van der Waals surface area contributed by atoms with Gasteiger partial charge in [0, 0.05) is 92.0 Å². The minimum Gasteiger partial charge on any atom is -0.494 e. The van der Waals surface area contributed by atoms with Gasteiger partial charge in [-0.25, -0.2) is 0 Å². The molecular formula is C24H33N7O. The van der Waals surface area contributed by atoms with E-state index in [4.69, 9.17) is 16.2 Å². The third kappa shape index (κ3) is 4.55. The molecule has 0 amide bonds. The SMILES string of the molecule is C=C(Nc1cc(C=NC)c(N)c(C)c1OC)c1ccc(N2CCNCC2)c(C=NC)c1N. The van der Waals surface area contributed by atoms with Crippen molar-refractivity contribution in [1.29, 1.82) is 0 Å². The second-order valence-corrected chi connectivity index (χ2v) is 7.66. The predicted molar refractivity (Wildman–Crippen MR) is 138 cm³/mol. The molecule has 3 rings (SSSR count). The second-order valence-electron chi connectivity index (χ2n) is 7.66. The minimum atomic E-state index is 0.630. The van der Waals surface area contributed by atoms with E-state index in [0.717, 1.165) is 59.8 Å². The maximum atomic E-state index is 6.63. The molecular weight excluding hydrogens is 402 g/mol. The first kappa shape index (κ1) is 23.1. The lowest BCUT2D eigenvalue weighted by Gasteiger charge is -2.31. The third-order valence-corrected chi connectivity index (χ3v) is 5.66. The van der Waals surface area contributed by atoms with Crippen molar-refractivity contribution in [3.63, 3.8) is 0 Å². The van der Waals surface area contributed by atoms with Crippen molar-refractivity contribution < 1.29 is 4.74 Å². The van der Waals surface area contributed by atoms with E-state index >= 15 is 0 Å². The summed E-state index contributed by atoms with van der Waals surface area (Å²) in [7, 11) is 5.08. The molecule has 2 aromatic carbocycles. The fraction of sp³-hybridized carbons (Fsp3) is 0.333. The summed E-state index contributed by atoms with van der Waals surface area (Å²) in [5.41, 5.74) is 20.0. The Balaban J connectivity index is 2.00. The zero-order valence-corrected chi connectivity index (χ0v) is 19.3. The number of benzene rings is 2. The van der Waals surface area contributed by atoms with Gasteiger partial charge in [0.2, 0.25) is 0 Å². The average molecular weight is 436 g/mol. The Hall–Kier alpha value is -3.52. The molecule has 8 heteroatoms. The molecule has 0 saturated carbocycles. The Morgan fingerprint density at radius 1 is 1.16 bits per heavy atom. The van der Waals surface area contributed by atoms with Crippen LogP contribution < -0.4 is 31.7 Å². The fourth-order valence-corrected chi connectivity index (χ4v) is 4.01. The molecule has 0 bridgehead atoms. The molecule has 0 aliphatic carbocycles. The average Bonchev–Trinajstić information content (AvgIpc) is 2.79. The van der Waals surface area contributed by atoms with Gasteiger partial charge in [-0.3, -0.25) is 9.98 Å². The number of methoxy groups -OCH3 is 1. The van der Waals surface area contributed by atoms with Gasteiger partial charge < -0.3 is 31.7 Å². The number of nitrogens with two attached hydrogens (primary N) is 2. The maximum Gasteiger partial charge on any atom is 0.147 e. The van der Waals surface area contributed by atoms with Gasteiger partial charge in [-0.05, 0) is 25.1 Å². The van der Waals surface area contributed by atoms with E-state index in [9.17, 15) is 0 Å². The minimum absolute atomic E-state index is 0.630. The number of nitrogens with zero attached hydrogens (tertiary/aromatic N) is 3. The first-order chi connectivity index (χ1) is 15.4. The van der Waals surface area contributed by atoms with E-state index in [1.807, 2.05) is 25.3 Å². The molecule has 0 radical (unpaired) electrons. The number of aliphatic imine (C=N–C) groups is 2. The number of ether oxygens (including phenoxy) is 1. The van der Waals surface area contributed by atoms with Gasteiger partial charge in [0.1, 0.15) is 5.75 Å². The number of hydrogen-bond acceptors (Lipinski definition) is 8. The van der Waals surface area contributed by atoms with Crippen molar-refractivity contribution in [3.05, 3.63) is 47.0 Å². The summed E-state index contributed by atoms with van der Waals surface area (Å²) in [6.07, 6.45) is 3.54. The van der Waals surface area contributed by atoms with E-state index in [0.29, 0.717) is 22.8 Å². The van der Waals surface area contributed by atoms with Crippen molar-refractivity contribution in [2.75, 3.05) is 69.1 Å². The molecule has 1 saturated heterocycles. The summed E-state index contributed by atoms with van der Waals surface area (Å²) >= 11 is 0. The maximum absolute atomic E-state index is 6.63. The van der Waals surface area contributed by atoms with E-state index in [2.05, 4.69) is 38.2 Å². The van der Waals surface area contributed by atoms with Gasteiger partial charge in [-0.2, -0.15) is 0 Å². The number of piperazine rings is 1. The normalized spacial score (nSPS) is 14.3. The van der Waals surface area contributed by atoms with Crippen molar-refractivity contribution in [2.45, 2.75) is 6.92 Å². The van der Waals surface area contributed by atoms with Crippen LogP contribution in [-0.2, 0) is 0 Å². The van der Waals surface area contributed by atoms with Gasteiger partial charge in [0.25, 0.3) is 0 Å². The lowest BCUT2D eigenvalue weighted by atomic mass is 10.0. The molecule has 2 aromatic rings. The molecule has 0 unspecified atom stereocenters. The number of anilines is 4. The summed E-state index contributed by atoms with van der Waals surface area (Å²) in [5, 5.41) is 6.75. The summed E-state index contributed by atoms with van der Waals surface area (Å²) in [6, 6.07) is 5.99. The molecule has 1 aliphatic heterocycles. The molecule has 1 fully saturated rings. The molecule has 1 aliphatic rings. The Labute approximate surface area is 190 Å². The highest BCUT2D eigenvalue weighted by Gasteiger charge is 2.19. The second kappa shape index (κ2) is 10.2. The van der Waals surface area contributed by atoms with Gasteiger partial charge >= 0.3 is 0 Å². The van der Waals surface area contributed by atoms with Crippen LogP contribution in [0.5, 0.6) is 5.75 Å². The molecule has 8 nitrogen and oxygen atoms in total. The highest BCUT2D eigenvalue weighted by atomic mass is 16.5. The quantitative estimate of drug-likeness (QED) is 0.393. The van der Waals surface area contributed by atoms with Crippen LogP contribution in [0, 0.1) is 6.92 Å². The van der Waals surface area contributed by atoms with E-state index in [1.54, 1.807) is 27.4 Å². The van der Waals surface area contributed by atoms with Crippen LogP contribution in [0.15, 0.2) is 34.8 Å². The number of nitrogen functional groups attached to an aromatic ring is 2. The molecule has 0 aromatic heterocycles. The van der Waals surface area contributed by atoms with E-state index in [-0.39, 0.29) is 0 Å². The monoisotopic (exact) mass is 435 g/mol. The summed E-state index contributed by atoms with van der Waals surface area (Å²) < 4.78 is 5.62. The molecule has 1 heterocycles. The summed E-state index contributed by atoms with van der Waals surface area (Å²) in [5.74, 6) is 0.656. The van der Waals surface area contributed by atoms with Crippen molar-refractivity contribution in [1.82, 2.24) is 5.32 Å². The standard InChI is InChI=1S/C24H33N7O/c1-15-22(25)17(13-27-3)12-20(24(15)32-5)30-16(2)18-6-7-21(19(14-28-4)23(18)26)31-10-8-29-9-11-31/h6-7,12-14,29-30H,2,8-11,25-26H2,1,3-5H3. The van der Waals surface area contributed by atoms with Crippen LogP contribution in [0.2, 0.25) is 0 Å². The van der Waals surface area contributed by atoms with E-state index in [1.165, 1.54) is 0 Å². The largest absolute Gasteiger partial charge is 0.494 e. The lowest BCUT2D eigenvalue weighted by molar-refractivity contribution is 0.414. The van der Waals surface area contributed by atoms with Crippen molar-refractivity contribution in [2.24, 2.45) is 9.98 Å². The Morgan fingerprint density at radius 2 is 1.84 bits per heavy atom. The number of nitrogens with one attached hydrogen (secondary N) is 2. The van der Waals surface area contributed by atoms with Crippen LogP contribution in [0.1, 0.15) is 22.3 Å². The topological polar surface area (TPSA) is 113 Å². The highest BCUT2D eigenvalue weighted by Crippen LogP contribution is 2.38. The third-order valence-electron chi connectivity index (χ3n) is 5.66. The van der Waals surface area contributed by atoms with Crippen molar-refractivity contribution >= 4 is 40.9 Å². The Kier molecular flexibility index (Phi) is 7.37. The molecule has 6 N–H and O–H groups in total. The molecule has 32 heavy (non-hydrogen) atoms. The van der Waals surface area contributed by atoms with Crippen LogP contribution in [0.25, 0.3) is 5.70 Å². The first-order valence-corrected chi connectivity index (χ1v) is 10.6. The van der Waals surface area contributed by atoms with Gasteiger partial charge in [0.15, 0.2) is 0 Å². The smallest absolute Gasteiger partial charge is 0.147 e. The summed E-state index contributed by atoms with van der Waals surface area (Å²) in [6.45, 7) is 9.90. The van der Waals surface area contributed by atoms with Gasteiger partial charge in [-0.1, -0.05) is 6.58 Å². The van der Waals surface area contributed by atoms with Crippen LogP contribution in [-0.4, -0.2) is 59.8 Å². The van der Waals surface area contributed by atoms with Crippen LogP contribution in [0.4, 0.5) is 22.7 Å². The van der Waals surface area contributed by atoms with Gasteiger partial charge in [0.05, 0.1) is 18.5 Å².